The van der Waals surface area contributed by atoms with Gasteiger partial charge < -0.3 is 14.4 Å². The van der Waals surface area contributed by atoms with E-state index in [0.717, 1.165) is 54.6 Å². The van der Waals surface area contributed by atoms with Gasteiger partial charge in [0, 0.05) is 42.5 Å². The highest BCUT2D eigenvalue weighted by Gasteiger charge is 2.42. The van der Waals surface area contributed by atoms with Crippen LogP contribution in [0.15, 0.2) is 12.1 Å². The minimum Gasteiger partial charge on any atom is -0.493 e. The molecule has 1 aromatic heterocycles. The van der Waals surface area contributed by atoms with Gasteiger partial charge in [-0.2, -0.15) is 0 Å². The van der Waals surface area contributed by atoms with Crippen molar-refractivity contribution in [3.8, 4) is 11.5 Å². The van der Waals surface area contributed by atoms with E-state index in [-0.39, 0.29) is 18.8 Å². The van der Waals surface area contributed by atoms with Crippen LogP contribution in [0.1, 0.15) is 67.7 Å². The lowest BCUT2D eigenvalue weighted by Gasteiger charge is -2.19. The minimum absolute atomic E-state index is 0.0276. The molecule has 1 aromatic carbocycles. The number of nitrogens with zero attached hydrogens (tertiary/aromatic N) is 2. The highest BCUT2D eigenvalue weighted by atomic mass is 19.3. The smallest absolute Gasteiger partial charge is 0.248 e. The summed E-state index contributed by atoms with van der Waals surface area (Å²) in [5, 5.41) is 1.09. The molecular weight excluding hydrogens is 398 g/mol. The quantitative estimate of drug-likeness (QED) is 0.544. The fourth-order valence-corrected chi connectivity index (χ4v) is 5.67. The summed E-state index contributed by atoms with van der Waals surface area (Å²) in [6, 6.07) is 3.99. The highest BCUT2D eigenvalue weighted by Crippen LogP contribution is 2.47. The van der Waals surface area contributed by atoms with Gasteiger partial charge in [0.25, 0.3) is 0 Å². The zero-order valence-electron chi connectivity index (χ0n) is 18.4. The van der Waals surface area contributed by atoms with Gasteiger partial charge in [0.05, 0.1) is 19.2 Å². The molecule has 1 aliphatic heterocycles. The Kier molecular flexibility index (Phi) is 5.76. The first-order chi connectivity index (χ1) is 15.0. The third kappa shape index (κ3) is 4.23. The SMILES string of the molecule is COc1cc2c3c(c(C4CCC(F)(F)C4)nc2cc1OCCCN1CCCC1)CCC3. The summed E-state index contributed by atoms with van der Waals surface area (Å²) in [4.78, 5) is 7.43. The van der Waals surface area contributed by atoms with Crippen molar-refractivity contribution >= 4 is 10.9 Å². The highest BCUT2D eigenvalue weighted by molar-refractivity contribution is 5.87. The van der Waals surface area contributed by atoms with Crippen LogP contribution in [0.5, 0.6) is 11.5 Å². The summed E-state index contributed by atoms with van der Waals surface area (Å²) in [5.41, 5.74) is 4.23. The van der Waals surface area contributed by atoms with Crippen molar-refractivity contribution < 1.29 is 18.3 Å². The number of alkyl halides is 2. The van der Waals surface area contributed by atoms with E-state index in [1.54, 1.807) is 7.11 Å². The molecule has 168 valence electrons. The van der Waals surface area contributed by atoms with Gasteiger partial charge in [0.1, 0.15) is 0 Å². The predicted molar refractivity (Wildman–Crippen MR) is 118 cm³/mol. The van der Waals surface area contributed by atoms with E-state index in [1.807, 2.05) is 12.1 Å². The van der Waals surface area contributed by atoms with E-state index >= 15 is 0 Å². The number of aromatic nitrogens is 1. The molecule has 0 radical (unpaired) electrons. The summed E-state index contributed by atoms with van der Waals surface area (Å²) in [6.07, 6.45) is 6.96. The van der Waals surface area contributed by atoms with Crippen LogP contribution in [0.25, 0.3) is 10.9 Å². The lowest BCUT2D eigenvalue weighted by molar-refractivity contribution is 0.00764. The molecule has 5 rings (SSSR count). The average Bonchev–Trinajstić information content (AvgIpc) is 3.51. The van der Waals surface area contributed by atoms with Crippen molar-refractivity contribution in [2.24, 2.45) is 0 Å². The van der Waals surface area contributed by atoms with E-state index in [2.05, 4.69) is 4.90 Å². The Morgan fingerprint density at radius 1 is 1.10 bits per heavy atom. The van der Waals surface area contributed by atoms with Crippen molar-refractivity contribution in [3.05, 3.63) is 29.0 Å². The topological polar surface area (TPSA) is 34.6 Å². The zero-order valence-corrected chi connectivity index (χ0v) is 18.4. The molecular formula is C25H32F2N2O2. The van der Waals surface area contributed by atoms with E-state index in [0.29, 0.717) is 18.8 Å². The normalized spacial score (nSPS) is 22.9. The number of fused-ring (bicyclic) bond motifs is 3. The third-order valence-corrected chi connectivity index (χ3v) is 7.24. The van der Waals surface area contributed by atoms with Crippen LogP contribution in [0.2, 0.25) is 0 Å². The number of rotatable bonds is 7. The Hall–Kier alpha value is -1.95. The van der Waals surface area contributed by atoms with E-state index in [9.17, 15) is 8.78 Å². The Morgan fingerprint density at radius 3 is 2.65 bits per heavy atom. The minimum atomic E-state index is -2.56. The second-order valence-corrected chi connectivity index (χ2v) is 9.37. The molecule has 2 fully saturated rings. The molecule has 2 heterocycles. The number of hydrogen-bond acceptors (Lipinski definition) is 4. The van der Waals surface area contributed by atoms with Gasteiger partial charge >= 0.3 is 0 Å². The predicted octanol–water partition coefficient (Wildman–Crippen LogP) is 5.50. The summed E-state index contributed by atoms with van der Waals surface area (Å²) in [7, 11) is 1.67. The van der Waals surface area contributed by atoms with Gasteiger partial charge in [0.2, 0.25) is 5.92 Å². The van der Waals surface area contributed by atoms with Crippen LogP contribution in [-0.4, -0.2) is 49.2 Å². The van der Waals surface area contributed by atoms with Gasteiger partial charge in [0.15, 0.2) is 11.5 Å². The monoisotopic (exact) mass is 430 g/mol. The molecule has 4 nitrogen and oxygen atoms in total. The van der Waals surface area contributed by atoms with Crippen molar-refractivity contribution in [2.45, 2.75) is 69.6 Å². The number of pyridine rings is 1. The third-order valence-electron chi connectivity index (χ3n) is 7.24. The van der Waals surface area contributed by atoms with Gasteiger partial charge in [-0.15, -0.1) is 0 Å². The number of aryl methyl sites for hydroxylation is 1. The molecule has 1 saturated carbocycles. The first kappa shape index (κ1) is 20.9. The van der Waals surface area contributed by atoms with Crippen molar-refractivity contribution in [2.75, 3.05) is 33.4 Å². The average molecular weight is 431 g/mol. The summed E-state index contributed by atoms with van der Waals surface area (Å²) < 4.78 is 39.6. The molecule has 31 heavy (non-hydrogen) atoms. The number of hydrogen-bond donors (Lipinski definition) is 0. The molecule has 2 aliphatic carbocycles. The molecule has 0 bridgehead atoms. The Bertz CT molecular complexity index is 956. The van der Waals surface area contributed by atoms with E-state index in [1.165, 1.54) is 37.1 Å². The second kappa shape index (κ2) is 8.53. The molecule has 0 spiro atoms. The summed E-state index contributed by atoms with van der Waals surface area (Å²) in [6.45, 7) is 4.07. The molecule has 1 unspecified atom stereocenters. The number of halogens is 2. The summed E-state index contributed by atoms with van der Waals surface area (Å²) >= 11 is 0. The number of ether oxygens (including phenoxy) is 2. The number of methoxy groups -OCH3 is 1. The zero-order chi connectivity index (χ0) is 21.4. The van der Waals surface area contributed by atoms with Crippen LogP contribution >= 0.6 is 0 Å². The number of likely N-dealkylation sites (tertiary alicyclic amines) is 1. The molecule has 3 aliphatic rings. The van der Waals surface area contributed by atoms with E-state index < -0.39 is 5.92 Å². The molecule has 6 heteroatoms. The molecule has 0 N–H and O–H groups in total. The Labute approximate surface area is 182 Å². The van der Waals surface area contributed by atoms with Gasteiger partial charge in [-0.1, -0.05) is 0 Å². The number of benzene rings is 1. The van der Waals surface area contributed by atoms with Crippen LogP contribution in [0.4, 0.5) is 8.78 Å². The van der Waals surface area contributed by atoms with Crippen LogP contribution < -0.4 is 9.47 Å². The molecule has 2 aromatic rings. The maximum Gasteiger partial charge on any atom is 0.248 e. The van der Waals surface area contributed by atoms with Crippen molar-refractivity contribution in [1.82, 2.24) is 9.88 Å². The molecule has 1 atom stereocenters. The van der Waals surface area contributed by atoms with Crippen LogP contribution in [0, 0.1) is 0 Å². The van der Waals surface area contributed by atoms with E-state index in [4.69, 9.17) is 14.5 Å². The van der Waals surface area contributed by atoms with Gasteiger partial charge in [-0.25, -0.2) is 8.78 Å². The maximum atomic E-state index is 13.9. The standard InChI is InChI=1S/C25H32F2N2O2/c1-30-22-14-20-18-6-4-7-19(18)24(17-8-9-25(26,27)16-17)28-21(20)15-23(22)31-13-5-12-29-10-2-3-11-29/h14-15,17H,2-13,16H2,1H3. The fraction of sp³-hybridized carbons (Fsp3) is 0.640. The lowest BCUT2D eigenvalue weighted by Crippen LogP contribution is -2.21. The van der Waals surface area contributed by atoms with Crippen LogP contribution in [-0.2, 0) is 12.8 Å². The van der Waals surface area contributed by atoms with Crippen molar-refractivity contribution in [1.29, 1.82) is 0 Å². The van der Waals surface area contributed by atoms with Gasteiger partial charge in [-0.3, -0.25) is 4.98 Å². The summed E-state index contributed by atoms with van der Waals surface area (Å²) in [5.74, 6) is -1.27. The first-order valence-electron chi connectivity index (χ1n) is 11.8. The lowest BCUT2D eigenvalue weighted by atomic mass is 9.94. The Balaban J connectivity index is 1.42. The molecule has 0 amide bonds. The van der Waals surface area contributed by atoms with Gasteiger partial charge in [-0.05, 0) is 75.2 Å². The molecule has 1 saturated heterocycles. The fourth-order valence-electron chi connectivity index (χ4n) is 5.67. The maximum absolute atomic E-state index is 13.9. The van der Waals surface area contributed by atoms with Crippen molar-refractivity contribution in [3.63, 3.8) is 0 Å². The van der Waals surface area contributed by atoms with Crippen LogP contribution in [0.3, 0.4) is 0 Å². The Morgan fingerprint density at radius 2 is 1.90 bits per heavy atom. The second-order valence-electron chi connectivity index (χ2n) is 9.37. The largest absolute Gasteiger partial charge is 0.493 e. The first-order valence-corrected chi connectivity index (χ1v) is 11.8.